The summed E-state index contributed by atoms with van der Waals surface area (Å²) in [4.78, 5) is 17.8. The van der Waals surface area contributed by atoms with Gasteiger partial charge in [0.2, 0.25) is 0 Å². The topological polar surface area (TPSA) is 75.5 Å². The first-order chi connectivity index (χ1) is 16.8. The molecular weight excluding hydrogens is 460 g/mol. The lowest BCUT2D eigenvalue weighted by molar-refractivity contribution is 0.0588. The Labute approximate surface area is 207 Å². The van der Waals surface area contributed by atoms with Crippen LogP contribution in [0, 0.1) is 13.8 Å². The molecule has 2 aliphatic rings. The average Bonchev–Trinajstić information content (AvgIpc) is 3.43. The zero-order valence-electron chi connectivity index (χ0n) is 20.4. The van der Waals surface area contributed by atoms with Gasteiger partial charge >= 0.3 is 0 Å². The summed E-state index contributed by atoms with van der Waals surface area (Å²) < 4.78 is 25.6. The highest BCUT2D eigenvalue weighted by Crippen LogP contribution is 2.26. The van der Waals surface area contributed by atoms with Crippen molar-refractivity contribution in [3.8, 4) is 11.3 Å². The van der Waals surface area contributed by atoms with Crippen LogP contribution in [0.2, 0.25) is 0 Å². The summed E-state index contributed by atoms with van der Waals surface area (Å²) in [5.74, 6) is 0.496. The Morgan fingerprint density at radius 2 is 1.57 bits per heavy atom. The van der Waals surface area contributed by atoms with Crippen LogP contribution < -0.4 is 0 Å². The molecule has 2 fully saturated rings. The van der Waals surface area contributed by atoms with Gasteiger partial charge in [0.15, 0.2) is 9.84 Å². The highest BCUT2D eigenvalue weighted by atomic mass is 32.2. The zero-order chi connectivity index (χ0) is 24.6. The number of amides is 1. The number of aryl methyl sites for hydroxylation is 2. The molecule has 0 N–H and O–H groups in total. The normalized spacial score (nSPS) is 20.3. The van der Waals surface area contributed by atoms with Crippen LogP contribution in [-0.2, 0) is 16.4 Å². The Bertz CT molecular complexity index is 1310. The molecule has 8 heteroatoms. The van der Waals surface area contributed by atoms with E-state index >= 15 is 0 Å². The average molecular weight is 493 g/mol. The summed E-state index contributed by atoms with van der Waals surface area (Å²) in [5.41, 5.74) is 5.74. The Kier molecular flexibility index (Phi) is 6.51. The largest absolute Gasteiger partial charge is 0.336 e. The number of carbonyl (C=O) groups excluding carboxylic acids is 1. The van der Waals surface area contributed by atoms with Gasteiger partial charge in [-0.1, -0.05) is 59.7 Å². The molecule has 1 aromatic heterocycles. The number of piperazine rings is 1. The summed E-state index contributed by atoms with van der Waals surface area (Å²) in [6.45, 7) is 7.27. The van der Waals surface area contributed by atoms with Crippen molar-refractivity contribution in [1.82, 2.24) is 19.6 Å². The molecule has 1 amide bonds. The van der Waals surface area contributed by atoms with Gasteiger partial charge in [-0.3, -0.25) is 14.4 Å². The van der Waals surface area contributed by atoms with Crippen LogP contribution in [0.4, 0.5) is 0 Å². The lowest BCUT2D eigenvalue weighted by Gasteiger charge is -2.37. The third-order valence-electron chi connectivity index (χ3n) is 7.11. The molecule has 3 aromatic rings. The molecule has 0 aliphatic carbocycles. The third-order valence-corrected chi connectivity index (χ3v) is 8.86. The van der Waals surface area contributed by atoms with E-state index < -0.39 is 9.84 Å². The van der Waals surface area contributed by atoms with E-state index in [2.05, 4.69) is 36.1 Å². The van der Waals surface area contributed by atoms with Crippen LogP contribution in [-0.4, -0.2) is 77.6 Å². The molecule has 0 bridgehead atoms. The van der Waals surface area contributed by atoms with E-state index in [0.717, 1.165) is 16.7 Å². The molecule has 2 aliphatic heterocycles. The molecule has 1 atom stereocenters. The van der Waals surface area contributed by atoms with Crippen molar-refractivity contribution in [3.05, 3.63) is 77.0 Å². The van der Waals surface area contributed by atoms with Gasteiger partial charge in [0.25, 0.3) is 5.91 Å². The predicted octanol–water partition coefficient (Wildman–Crippen LogP) is 3.16. The van der Waals surface area contributed by atoms with Crippen LogP contribution in [0.5, 0.6) is 0 Å². The molecule has 0 radical (unpaired) electrons. The number of nitrogens with zero attached hydrogens (tertiary/aromatic N) is 4. The number of sulfone groups is 1. The van der Waals surface area contributed by atoms with Crippen LogP contribution in [0.15, 0.2) is 54.7 Å². The molecule has 184 valence electrons. The van der Waals surface area contributed by atoms with Crippen molar-refractivity contribution in [3.63, 3.8) is 0 Å². The molecule has 7 nitrogen and oxygen atoms in total. The molecule has 0 spiro atoms. The molecule has 2 saturated heterocycles. The van der Waals surface area contributed by atoms with Gasteiger partial charge in [0.1, 0.15) is 5.69 Å². The molecular formula is C27H32N4O3S. The maximum absolute atomic E-state index is 13.7. The fraction of sp³-hybridized carbons (Fsp3) is 0.407. The minimum Gasteiger partial charge on any atom is -0.336 e. The van der Waals surface area contributed by atoms with Gasteiger partial charge in [-0.2, -0.15) is 5.10 Å². The molecule has 0 saturated carbocycles. The number of aromatic nitrogens is 2. The lowest BCUT2D eigenvalue weighted by atomic mass is 10.1. The SMILES string of the molecule is Cc1ccc(Cn2cc(C(=O)N3CCN(C4CCS(=O)(=O)C4)CC3)c(-c3ccc(C)cc3)n2)cc1. The second kappa shape index (κ2) is 9.59. The van der Waals surface area contributed by atoms with Gasteiger partial charge in [0, 0.05) is 44.0 Å². The zero-order valence-corrected chi connectivity index (χ0v) is 21.2. The van der Waals surface area contributed by atoms with Crippen molar-refractivity contribution in [2.45, 2.75) is 32.9 Å². The first-order valence-corrected chi connectivity index (χ1v) is 14.0. The van der Waals surface area contributed by atoms with E-state index in [1.807, 2.05) is 47.0 Å². The quantitative estimate of drug-likeness (QED) is 0.547. The van der Waals surface area contributed by atoms with Gasteiger partial charge in [0.05, 0.1) is 23.6 Å². The fourth-order valence-corrected chi connectivity index (χ4v) is 6.75. The van der Waals surface area contributed by atoms with E-state index in [9.17, 15) is 13.2 Å². The van der Waals surface area contributed by atoms with E-state index in [0.29, 0.717) is 50.4 Å². The van der Waals surface area contributed by atoms with Crippen LogP contribution in [0.3, 0.4) is 0 Å². The van der Waals surface area contributed by atoms with Crippen molar-refractivity contribution >= 4 is 15.7 Å². The minimum atomic E-state index is -2.92. The number of benzene rings is 2. The number of rotatable bonds is 5. The monoisotopic (exact) mass is 492 g/mol. The van der Waals surface area contributed by atoms with E-state index in [1.54, 1.807) is 0 Å². The van der Waals surface area contributed by atoms with Crippen molar-refractivity contribution in [2.24, 2.45) is 0 Å². The maximum Gasteiger partial charge on any atom is 0.257 e. The van der Waals surface area contributed by atoms with Gasteiger partial charge in [-0.25, -0.2) is 8.42 Å². The highest BCUT2D eigenvalue weighted by Gasteiger charge is 2.35. The Hall–Kier alpha value is -2.97. The van der Waals surface area contributed by atoms with Crippen molar-refractivity contribution < 1.29 is 13.2 Å². The summed E-state index contributed by atoms with van der Waals surface area (Å²) in [6, 6.07) is 16.5. The van der Waals surface area contributed by atoms with Gasteiger partial charge < -0.3 is 4.90 Å². The second-order valence-electron chi connectivity index (χ2n) is 9.83. The second-order valence-corrected chi connectivity index (χ2v) is 12.1. The number of hydrogen-bond acceptors (Lipinski definition) is 5. The van der Waals surface area contributed by atoms with E-state index in [-0.39, 0.29) is 23.5 Å². The molecule has 35 heavy (non-hydrogen) atoms. The van der Waals surface area contributed by atoms with Crippen molar-refractivity contribution in [2.75, 3.05) is 37.7 Å². The molecule has 3 heterocycles. The van der Waals surface area contributed by atoms with Crippen LogP contribution in [0.25, 0.3) is 11.3 Å². The Morgan fingerprint density at radius 3 is 2.17 bits per heavy atom. The number of carbonyl (C=O) groups is 1. The minimum absolute atomic E-state index is 0.0191. The maximum atomic E-state index is 13.7. The Morgan fingerprint density at radius 1 is 0.943 bits per heavy atom. The lowest BCUT2D eigenvalue weighted by Crippen LogP contribution is -2.52. The third kappa shape index (κ3) is 5.33. The molecule has 2 aromatic carbocycles. The predicted molar refractivity (Wildman–Crippen MR) is 137 cm³/mol. The summed E-state index contributed by atoms with van der Waals surface area (Å²) in [5, 5.41) is 4.83. The van der Waals surface area contributed by atoms with Crippen LogP contribution in [0.1, 0.15) is 33.5 Å². The number of hydrogen-bond donors (Lipinski definition) is 0. The molecule has 1 unspecified atom stereocenters. The summed E-state index contributed by atoms with van der Waals surface area (Å²) in [7, 11) is -2.92. The van der Waals surface area contributed by atoms with Crippen molar-refractivity contribution in [1.29, 1.82) is 0 Å². The highest BCUT2D eigenvalue weighted by molar-refractivity contribution is 7.91. The Balaban J connectivity index is 1.36. The fourth-order valence-electron chi connectivity index (χ4n) is 4.99. The van der Waals surface area contributed by atoms with E-state index in [4.69, 9.17) is 5.10 Å². The molecule has 5 rings (SSSR count). The van der Waals surface area contributed by atoms with E-state index in [1.165, 1.54) is 5.56 Å². The van der Waals surface area contributed by atoms with Gasteiger partial charge in [-0.15, -0.1) is 0 Å². The summed E-state index contributed by atoms with van der Waals surface area (Å²) >= 11 is 0. The van der Waals surface area contributed by atoms with Crippen LogP contribution >= 0.6 is 0 Å². The van der Waals surface area contributed by atoms with Gasteiger partial charge in [-0.05, 0) is 25.8 Å². The smallest absolute Gasteiger partial charge is 0.257 e. The first-order valence-electron chi connectivity index (χ1n) is 12.2. The summed E-state index contributed by atoms with van der Waals surface area (Å²) in [6.07, 6.45) is 2.56. The first kappa shape index (κ1) is 23.8. The standard InChI is InChI=1S/C27H32N4O3S/c1-20-3-7-22(8-4-20)17-31-18-25(26(28-31)23-9-5-21(2)6-10-23)27(32)30-14-12-29(13-15-30)24-11-16-35(33,34)19-24/h3-10,18,24H,11-17,19H2,1-2H3.